The van der Waals surface area contributed by atoms with Crippen molar-refractivity contribution >= 4 is 40.0 Å². The Kier molecular flexibility index (Phi) is 9.04. The van der Waals surface area contributed by atoms with Gasteiger partial charge in [0.05, 0.1) is 11.0 Å². The summed E-state index contributed by atoms with van der Waals surface area (Å²) in [5.41, 5.74) is 6.54. The third-order valence-corrected chi connectivity index (χ3v) is 4.84. The van der Waals surface area contributed by atoms with Crippen LogP contribution in [0.25, 0.3) is 11.0 Å². The second-order valence-corrected chi connectivity index (χ2v) is 7.32. The van der Waals surface area contributed by atoms with E-state index in [1.165, 1.54) is 16.7 Å². The number of halogens is 1. The molecule has 0 fully saturated rings. The Morgan fingerprint density at radius 1 is 0.742 bits per heavy atom. The van der Waals surface area contributed by atoms with Crippen LogP contribution in [0.5, 0.6) is 0 Å². The number of nitrogens with zero attached hydrogens (tertiary/aromatic N) is 2. The predicted molar refractivity (Wildman–Crippen MR) is 136 cm³/mol. The summed E-state index contributed by atoms with van der Waals surface area (Å²) in [6.07, 6.45) is 0. The van der Waals surface area contributed by atoms with Crippen LogP contribution in [-0.4, -0.2) is 17.0 Å². The van der Waals surface area contributed by atoms with Gasteiger partial charge in [-0.15, -0.1) is 13.2 Å². The molecule has 0 spiro atoms. The van der Waals surface area contributed by atoms with Gasteiger partial charge < -0.3 is 10.6 Å². The van der Waals surface area contributed by atoms with Crippen LogP contribution in [0.15, 0.2) is 79.9 Å². The molecule has 0 radical (unpaired) electrons. The Morgan fingerprint density at radius 2 is 1.32 bits per heavy atom. The van der Waals surface area contributed by atoms with Crippen LogP contribution in [0, 0.1) is 20.8 Å². The molecule has 0 aliphatic heterocycles. The molecule has 4 nitrogen and oxygen atoms in total. The fourth-order valence-electron chi connectivity index (χ4n) is 2.75. The molecule has 1 aromatic heterocycles. The lowest BCUT2D eigenvalue weighted by atomic mass is 10.1. The highest BCUT2D eigenvalue weighted by Gasteiger charge is 2.08. The number of aromatic nitrogens is 2. The molecule has 3 aromatic carbocycles. The summed E-state index contributed by atoms with van der Waals surface area (Å²) < 4.78 is 0. The monoisotopic (exact) mass is 432 g/mol. The molecule has 160 valence electrons. The van der Waals surface area contributed by atoms with Crippen LogP contribution in [0.1, 0.15) is 16.7 Å². The zero-order chi connectivity index (χ0) is 22.8. The average Bonchev–Trinajstić information content (AvgIpc) is 2.79. The van der Waals surface area contributed by atoms with E-state index < -0.39 is 0 Å². The van der Waals surface area contributed by atoms with Gasteiger partial charge in [-0.25, -0.2) is 9.97 Å². The summed E-state index contributed by atoms with van der Waals surface area (Å²) in [5, 5.41) is 7.25. The minimum absolute atomic E-state index is 0.736. The van der Waals surface area contributed by atoms with Crippen molar-refractivity contribution in [2.45, 2.75) is 20.8 Å². The van der Waals surface area contributed by atoms with Crippen molar-refractivity contribution in [3.63, 3.8) is 0 Å². The standard InChI is InChI=1S/C17H18N4.C7H7Cl.C2H4/c1-11-8-9-13(10-12(11)2)19-17-16(18-3)20-14-6-4-5-7-15(14)21-17;1-6-2-4-7(8)5-3-6;1-2/h4-10H,1-3H3,(H,18,20)(H,19,21);2-5H,1H3;1-2H2. The SMILES string of the molecule is C=C.CNc1nc2ccccc2nc1Nc1ccc(C)c(C)c1.Cc1ccc(Cl)cc1. The predicted octanol–water partition coefficient (Wildman–Crippen LogP) is 7.48. The van der Waals surface area contributed by atoms with Crippen molar-refractivity contribution in [2.24, 2.45) is 0 Å². The Bertz CT molecular complexity index is 1100. The highest BCUT2D eigenvalue weighted by molar-refractivity contribution is 6.30. The Labute approximate surface area is 190 Å². The van der Waals surface area contributed by atoms with Gasteiger partial charge in [0, 0.05) is 17.8 Å². The lowest BCUT2D eigenvalue weighted by Gasteiger charge is -2.12. The highest BCUT2D eigenvalue weighted by atomic mass is 35.5. The highest BCUT2D eigenvalue weighted by Crippen LogP contribution is 2.25. The van der Waals surface area contributed by atoms with Gasteiger partial charge in [0.2, 0.25) is 0 Å². The molecule has 5 heteroatoms. The Balaban J connectivity index is 0.000000286. The van der Waals surface area contributed by atoms with E-state index in [2.05, 4.69) is 65.8 Å². The topological polar surface area (TPSA) is 49.8 Å². The van der Waals surface area contributed by atoms with E-state index in [1.807, 2.05) is 62.5 Å². The summed E-state index contributed by atoms with van der Waals surface area (Å²) in [4.78, 5) is 9.25. The lowest BCUT2D eigenvalue weighted by Crippen LogP contribution is -2.03. The molecule has 0 bridgehead atoms. The van der Waals surface area contributed by atoms with E-state index >= 15 is 0 Å². The number of hydrogen-bond donors (Lipinski definition) is 2. The molecule has 0 unspecified atom stereocenters. The minimum atomic E-state index is 0.736. The van der Waals surface area contributed by atoms with Crippen molar-refractivity contribution < 1.29 is 0 Å². The van der Waals surface area contributed by atoms with Crippen molar-refractivity contribution in [2.75, 3.05) is 17.7 Å². The number of nitrogens with one attached hydrogen (secondary N) is 2. The lowest BCUT2D eigenvalue weighted by molar-refractivity contribution is 1.25. The third-order valence-electron chi connectivity index (χ3n) is 4.59. The first kappa shape index (κ1) is 23.9. The molecular weight excluding hydrogens is 404 g/mol. The first-order valence-electron chi connectivity index (χ1n) is 9.97. The average molecular weight is 433 g/mol. The maximum absolute atomic E-state index is 5.61. The largest absolute Gasteiger partial charge is 0.370 e. The zero-order valence-electron chi connectivity index (χ0n) is 18.5. The van der Waals surface area contributed by atoms with Gasteiger partial charge in [-0.1, -0.05) is 47.5 Å². The van der Waals surface area contributed by atoms with Crippen molar-refractivity contribution in [1.82, 2.24) is 9.97 Å². The summed E-state index contributed by atoms with van der Waals surface area (Å²) >= 11 is 5.61. The summed E-state index contributed by atoms with van der Waals surface area (Å²) in [6.45, 7) is 12.2. The maximum atomic E-state index is 5.61. The van der Waals surface area contributed by atoms with Crippen molar-refractivity contribution in [3.05, 3.63) is 102 Å². The summed E-state index contributed by atoms with van der Waals surface area (Å²) in [5.74, 6) is 1.48. The van der Waals surface area contributed by atoms with Gasteiger partial charge in [0.15, 0.2) is 11.6 Å². The molecule has 2 N–H and O–H groups in total. The van der Waals surface area contributed by atoms with Crippen LogP contribution in [0.4, 0.5) is 17.3 Å². The molecule has 1 heterocycles. The number of rotatable bonds is 3. The molecule has 0 aliphatic carbocycles. The quantitative estimate of drug-likeness (QED) is 0.329. The molecule has 0 saturated carbocycles. The van der Waals surface area contributed by atoms with Gasteiger partial charge in [-0.3, -0.25) is 0 Å². The van der Waals surface area contributed by atoms with Gasteiger partial charge >= 0.3 is 0 Å². The molecule has 4 aromatic rings. The van der Waals surface area contributed by atoms with E-state index in [1.54, 1.807) is 0 Å². The first-order chi connectivity index (χ1) is 15.0. The molecule has 0 saturated heterocycles. The van der Waals surface area contributed by atoms with Crippen LogP contribution >= 0.6 is 11.6 Å². The van der Waals surface area contributed by atoms with Crippen molar-refractivity contribution in [1.29, 1.82) is 0 Å². The van der Waals surface area contributed by atoms with Gasteiger partial charge in [-0.05, 0) is 68.3 Å². The molecule has 4 rings (SSSR count). The van der Waals surface area contributed by atoms with E-state index in [9.17, 15) is 0 Å². The van der Waals surface area contributed by atoms with Gasteiger partial charge in [0.25, 0.3) is 0 Å². The smallest absolute Gasteiger partial charge is 0.174 e. The molecule has 0 amide bonds. The number of para-hydroxylation sites is 2. The Morgan fingerprint density at radius 3 is 1.84 bits per heavy atom. The van der Waals surface area contributed by atoms with Gasteiger partial charge in [-0.2, -0.15) is 0 Å². The van der Waals surface area contributed by atoms with E-state index in [-0.39, 0.29) is 0 Å². The second-order valence-electron chi connectivity index (χ2n) is 6.88. The third kappa shape index (κ3) is 6.83. The molecule has 0 aliphatic rings. The van der Waals surface area contributed by atoms with E-state index in [0.29, 0.717) is 0 Å². The summed E-state index contributed by atoms with van der Waals surface area (Å²) in [6, 6.07) is 21.9. The van der Waals surface area contributed by atoms with Crippen LogP contribution < -0.4 is 10.6 Å². The van der Waals surface area contributed by atoms with Gasteiger partial charge in [0.1, 0.15) is 0 Å². The zero-order valence-corrected chi connectivity index (χ0v) is 19.3. The second kappa shape index (κ2) is 11.7. The number of hydrogen-bond acceptors (Lipinski definition) is 4. The number of fused-ring (bicyclic) bond motifs is 1. The molecule has 31 heavy (non-hydrogen) atoms. The number of benzene rings is 3. The van der Waals surface area contributed by atoms with Crippen LogP contribution in [-0.2, 0) is 0 Å². The van der Waals surface area contributed by atoms with E-state index in [4.69, 9.17) is 11.6 Å². The molecular formula is C26H29ClN4. The number of anilines is 3. The Hall–Kier alpha value is -3.37. The van der Waals surface area contributed by atoms with Crippen LogP contribution in [0.3, 0.4) is 0 Å². The normalized spacial score (nSPS) is 9.71. The first-order valence-corrected chi connectivity index (χ1v) is 10.3. The molecule has 0 atom stereocenters. The number of aryl methyl sites for hydroxylation is 3. The maximum Gasteiger partial charge on any atom is 0.174 e. The van der Waals surface area contributed by atoms with Crippen molar-refractivity contribution in [3.8, 4) is 0 Å². The fourth-order valence-corrected chi connectivity index (χ4v) is 2.88. The fraction of sp³-hybridized carbons (Fsp3) is 0.154. The van der Waals surface area contributed by atoms with Crippen LogP contribution in [0.2, 0.25) is 5.02 Å². The minimum Gasteiger partial charge on any atom is -0.370 e. The summed E-state index contributed by atoms with van der Waals surface area (Å²) in [7, 11) is 1.85. The van der Waals surface area contributed by atoms with E-state index in [0.717, 1.165) is 33.4 Å².